The van der Waals surface area contributed by atoms with E-state index in [0.29, 0.717) is 6.61 Å². The van der Waals surface area contributed by atoms with Gasteiger partial charge in [-0.25, -0.2) is 9.37 Å². The molecule has 10 nitrogen and oxygen atoms in total. The van der Waals surface area contributed by atoms with Gasteiger partial charge in [0.2, 0.25) is 11.8 Å². The summed E-state index contributed by atoms with van der Waals surface area (Å²) < 4.78 is 26.2. The van der Waals surface area contributed by atoms with Crippen LogP contribution in [0.1, 0.15) is 13.2 Å². The first-order valence-corrected chi connectivity index (χ1v) is 6.93. The number of aliphatic hydroxyl groups excluding tert-OH is 2. The second-order valence-electron chi connectivity index (χ2n) is 5.15. The molecule has 2 aromatic rings. The number of nitrogens with two attached hydrogens (primary N) is 2. The van der Waals surface area contributed by atoms with Crippen LogP contribution in [0.5, 0.6) is 5.88 Å². The van der Waals surface area contributed by atoms with Crippen molar-refractivity contribution in [1.82, 2.24) is 19.5 Å². The molecule has 0 bridgehead atoms. The first kappa shape index (κ1) is 15.8. The highest BCUT2D eigenvalue weighted by Crippen LogP contribution is 2.37. The number of aliphatic hydroxyl groups is 2. The molecule has 1 aliphatic heterocycles. The van der Waals surface area contributed by atoms with Gasteiger partial charge in [0.05, 0.1) is 19.5 Å². The first-order chi connectivity index (χ1) is 10.9. The maximum Gasteiger partial charge on any atom is 0.247 e. The Labute approximate surface area is 129 Å². The van der Waals surface area contributed by atoms with Gasteiger partial charge in [0.15, 0.2) is 29.3 Å². The number of hydrogen-bond donors (Lipinski definition) is 4. The monoisotopic (exact) mass is 328 g/mol. The zero-order valence-corrected chi connectivity index (χ0v) is 12.3. The standard InChI is InChI=1S/C12H17FN6O4/c1-2-22-9-6-8(17-11(14)18-9)19(4-16-6)10-5(13)7(21)12(15,3-20)23-10/h4-5,7,10,20-21H,2-3,15H2,1H3,(H2,14,17,18)/t5-,7+,10-,12-/m1/s1. The Morgan fingerprint density at radius 2 is 2.26 bits per heavy atom. The van der Waals surface area contributed by atoms with Crippen LogP contribution in [0.4, 0.5) is 10.3 Å². The number of aromatic nitrogens is 4. The second kappa shape index (κ2) is 5.53. The summed E-state index contributed by atoms with van der Waals surface area (Å²) >= 11 is 0. The van der Waals surface area contributed by atoms with E-state index in [4.69, 9.17) is 20.9 Å². The summed E-state index contributed by atoms with van der Waals surface area (Å²) in [6, 6.07) is 0. The van der Waals surface area contributed by atoms with Crippen molar-refractivity contribution in [2.24, 2.45) is 5.73 Å². The summed E-state index contributed by atoms with van der Waals surface area (Å²) in [4.78, 5) is 12.0. The first-order valence-electron chi connectivity index (χ1n) is 6.93. The van der Waals surface area contributed by atoms with E-state index in [-0.39, 0.29) is 23.0 Å². The number of anilines is 1. The lowest BCUT2D eigenvalue weighted by Gasteiger charge is -2.24. The summed E-state index contributed by atoms with van der Waals surface area (Å²) in [5, 5.41) is 19.1. The van der Waals surface area contributed by atoms with E-state index in [0.717, 1.165) is 0 Å². The van der Waals surface area contributed by atoms with Gasteiger partial charge in [-0.3, -0.25) is 10.3 Å². The topological polar surface area (TPSA) is 155 Å². The van der Waals surface area contributed by atoms with Gasteiger partial charge in [0.25, 0.3) is 0 Å². The van der Waals surface area contributed by atoms with Crippen LogP contribution in [-0.4, -0.2) is 60.9 Å². The Morgan fingerprint density at radius 1 is 1.52 bits per heavy atom. The lowest BCUT2D eigenvalue weighted by molar-refractivity contribution is -0.123. The molecule has 4 atom stereocenters. The Balaban J connectivity index is 2.08. The Morgan fingerprint density at radius 3 is 2.87 bits per heavy atom. The van der Waals surface area contributed by atoms with Crippen LogP contribution in [0.3, 0.4) is 0 Å². The molecule has 0 aliphatic carbocycles. The van der Waals surface area contributed by atoms with E-state index in [1.807, 2.05) is 0 Å². The van der Waals surface area contributed by atoms with Crippen molar-refractivity contribution < 1.29 is 24.1 Å². The van der Waals surface area contributed by atoms with Crippen molar-refractivity contribution in [2.75, 3.05) is 18.9 Å². The Bertz CT molecular complexity index is 727. The third-order valence-corrected chi connectivity index (χ3v) is 3.62. The maximum atomic E-state index is 14.4. The number of imidazole rings is 1. The van der Waals surface area contributed by atoms with E-state index in [1.165, 1.54) is 10.9 Å². The summed E-state index contributed by atoms with van der Waals surface area (Å²) in [6.07, 6.45) is -3.67. The minimum atomic E-state index is -1.91. The van der Waals surface area contributed by atoms with Crippen LogP contribution in [0, 0.1) is 0 Å². The molecule has 2 aromatic heterocycles. The fourth-order valence-electron chi connectivity index (χ4n) is 2.46. The van der Waals surface area contributed by atoms with Gasteiger partial charge in [-0.15, -0.1) is 0 Å². The molecule has 1 fully saturated rings. The third kappa shape index (κ3) is 2.37. The average Bonchev–Trinajstić information content (AvgIpc) is 3.03. The molecule has 1 aliphatic rings. The van der Waals surface area contributed by atoms with E-state index < -0.39 is 30.8 Å². The number of ether oxygens (including phenoxy) is 2. The highest BCUT2D eigenvalue weighted by Gasteiger charge is 2.54. The predicted octanol–water partition coefficient (Wildman–Crippen LogP) is -1.32. The fraction of sp³-hybridized carbons (Fsp3) is 0.583. The van der Waals surface area contributed by atoms with E-state index in [2.05, 4.69) is 15.0 Å². The molecule has 0 amide bonds. The van der Waals surface area contributed by atoms with Crippen LogP contribution >= 0.6 is 0 Å². The molecule has 23 heavy (non-hydrogen) atoms. The van der Waals surface area contributed by atoms with Crippen molar-refractivity contribution >= 4 is 17.1 Å². The molecular weight excluding hydrogens is 311 g/mol. The van der Waals surface area contributed by atoms with Crippen molar-refractivity contribution in [2.45, 2.75) is 31.2 Å². The van der Waals surface area contributed by atoms with Crippen molar-refractivity contribution in [3.05, 3.63) is 6.33 Å². The minimum Gasteiger partial charge on any atom is -0.476 e. The van der Waals surface area contributed by atoms with Crippen LogP contribution in [0.15, 0.2) is 6.33 Å². The van der Waals surface area contributed by atoms with E-state index in [9.17, 15) is 14.6 Å². The SMILES string of the molecule is CCOc1nc(N)nc2c1ncn2[C@@H]1O[C@](N)(CO)[C@@H](O)[C@H]1F. The predicted molar refractivity (Wildman–Crippen MR) is 75.9 cm³/mol. The second-order valence-corrected chi connectivity index (χ2v) is 5.15. The third-order valence-electron chi connectivity index (χ3n) is 3.62. The lowest BCUT2D eigenvalue weighted by Crippen LogP contribution is -2.53. The van der Waals surface area contributed by atoms with E-state index in [1.54, 1.807) is 6.92 Å². The molecule has 0 aromatic carbocycles. The molecule has 126 valence electrons. The fourth-order valence-corrected chi connectivity index (χ4v) is 2.46. The quantitative estimate of drug-likeness (QED) is 0.535. The zero-order valence-electron chi connectivity index (χ0n) is 12.3. The highest BCUT2D eigenvalue weighted by molar-refractivity contribution is 5.77. The normalized spacial score (nSPS) is 30.9. The number of rotatable bonds is 4. The summed E-state index contributed by atoms with van der Waals surface area (Å²) in [5.41, 5.74) is 9.82. The lowest BCUT2D eigenvalue weighted by atomic mass is 10.1. The van der Waals surface area contributed by atoms with Gasteiger partial charge in [-0.1, -0.05) is 0 Å². The molecule has 0 spiro atoms. The number of fused-ring (bicyclic) bond motifs is 1. The average molecular weight is 328 g/mol. The summed E-state index contributed by atoms with van der Waals surface area (Å²) in [7, 11) is 0. The molecular formula is C12H17FN6O4. The van der Waals surface area contributed by atoms with Crippen molar-refractivity contribution in [1.29, 1.82) is 0 Å². The summed E-state index contributed by atoms with van der Waals surface area (Å²) in [5.74, 6) is 0.0710. The van der Waals surface area contributed by atoms with Gasteiger partial charge in [0.1, 0.15) is 6.10 Å². The molecule has 3 rings (SSSR count). The van der Waals surface area contributed by atoms with Crippen LogP contribution < -0.4 is 16.2 Å². The number of nitrogen functional groups attached to an aromatic ring is 1. The Kier molecular flexibility index (Phi) is 3.80. The molecule has 0 unspecified atom stereocenters. The van der Waals surface area contributed by atoms with Gasteiger partial charge in [-0.2, -0.15) is 9.97 Å². The van der Waals surface area contributed by atoms with Crippen molar-refractivity contribution in [3.63, 3.8) is 0 Å². The van der Waals surface area contributed by atoms with Crippen LogP contribution in [0.25, 0.3) is 11.2 Å². The molecule has 3 heterocycles. The zero-order chi connectivity index (χ0) is 16.8. The van der Waals surface area contributed by atoms with Gasteiger partial charge in [-0.05, 0) is 6.92 Å². The smallest absolute Gasteiger partial charge is 0.247 e. The van der Waals surface area contributed by atoms with Crippen LogP contribution in [0.2, 0.25) is 0 Å². The Hall–Kier alpha value is -2.08. The molecule has 11 heteroatoms. The van der Waals surface area contributed by atoms with E-state index >= 15 is 0 Å². The molecule has 6 N–H and O–H groups in total. The number of alkyl halides is 1. The summed E-state index contributed by atoms with van der Waals surface area (Å²) in [6.45, 7) is 1.34. The number of hydrogen-bond acceptors (Lipinski definition) is 9. The molecule has 1 saturated heterocycles. The van der Waals surface area contributed by atoms with Crippen molar-refractivity contribution in [3.8, 4) is 5.88 Å². The number of nitrogens with zero attached hydrogens (tertiary/aromatic N) is 4. The molecule has 0 radical (unpaired) electrons. The van der Waals surface area contributed by atoms with Crippen LogP contribution in [-0.2, 0) is 4.74 Å². The van der Waals surface area contributed by atoms with Gasteiger partial charge in [0, 0.05) is 0 Å². The molecule has 0 saturated carbocycles. The van der Waals surface area contributed by atoms with Gasteiger partial charge >= 0.3 is 0 Å². The van der Waals surface area contributed by atoms with Gasteiger partial charge < -0.3 is 25.4 Å². The maximum absolute atomic E-state index is 14.4. The number of halogens is 1. The largest absolute Gasteiger partial charge is 0.476 e. The minimum absolute atomic E-state index is 0.0853. The highest BCUT2D eigenvalue weighted by atomic mass is 19.1.